The van der Waals surface area contributed by atoms with E-state index >= 15 is 0 Å². The molecular weight excluding hydrogens is 328 g/mol. The highest BCUT2D eigenvalue weighted by Crippen LogP contribution is 2.25. The number of nitrogens with one attached hydrogen (secondary N) is 1. The van der Waals surface area contributed by atoms with Gasteiger partial charge in [0, 0.05) is 31.7 Å². The number of halogens is 1. The maximum Gasteiger partial charge on any atom is 0.407 e. The van der Waals surface area contributed by atoms with Gasteiger partial charge in [-0.05, 0) is 47.1 Å². The van der Waals surface area contributed by atoms with Crippen molar-refractivity contribution in [1.82, 2.24) is 20.0 Å². The van der Waals surface area contributed by atoms with Crippen LogP contribution in [0.1, 0.15) is 51.3 Å². The monoisotopic (exact) mass is 356 g/mol. The molecule has 1 fully saturated rings. The van der Waals surface area contributed by atoms with E-state index < -0.39 is 5.60 Å². The summed E-state index contributed by atoms with van der Waals surface area (Å²) in [6.45, 7) is 9.95. The second-order valence-corrected chi connectivity index (χ2v) is 7.84. The SMILES string of the molecule is Cc1nn(C)c(Cl)c1CN1CCCCC1CNC(=O)OC(C)(C)C. The van der Waals surface area contributed by atoms with Gasteiger partial charge in [-0.3, -0.25) is 9.58 Å². The van der Waals surface area contributed by atoms with Crippen LogP contribution in [-0.4, -0.2) is 45.5 Å². The van der Waals surface area contributed by atoms with Gasteiger partial charge in [-0.25, -0.2) is 4.79 Å². The van der Waals surface area contributed by atoms with E-state index in [9.17, 15) is 4.79 Å². The molecule has 0 aliphatic carbocycles. The lowest BCUT2D eigenvalue weighted by Crippen LogP contribution is -2.47. The molecule has 0 bridgehead atoms. The van der Waals surface area contributed by atoms with Crippen LogP contribution < -0.4 is 5.32 Å². The summed E-state index contributed by atoms with van der Waals surface area (Å²) in [7, 11) is 1.86. The number of aryl methyl sites for hydroxylation is 2. The number of aromatic nitrogens is 2. The van der Waals surface area contributed by atoms with E-state index in [1.54, 1.807) is 4.68 Å². The number of alkyl carbamates (subject to hydrolysis) is 1. The number of rotatable bonds is 4. The molecule has 1 aromatic heterocycles. The number of carbonyl (C=O) groups excluding carboxylic acids is 1. The highest BCUT2D eigenvalue weighted by atomic mass is 35.5. The standard InChI is InChI=1S/C17H29ClN4O2/c1-12-14(15(18)21(5)20-12)11-22-9-7-6-8-13(22)10-19-16(23)24-17(2,3)4/h13H,6-11H2,1-5H3,(H,19,23). The van der Waals surface area contributed by atoms with Crippen molar-refractivity contribution in [2.75, 3.05) is 13.1 Å². The average Bonchev–Trinajstić information content (AvgIpc) is 2.71. The van der Waals surface area contributed by atoms with Gasteiger partial charge in [0.1, 0.15) is 10.8 Å². The molecule has 6 nitrogen and oxygen atoms in total. The van der Waals surface area contributed by atoms with E-state index in [1.807, 2.05) is 34.7 Å². The fourth-order valence-electron chi connectivity index (χ4n) is 3.07. The molecule has 2 rings (SSSR count). The van der Waals surface area contributed by atoms with E-state index in [1.165, 1.54) is 12.8 Å². The van der Waals surface area contributed by atoms with Crippen LogP contribution in [-0.2, 0) is 18.3 Å². The fourth-order valence-corrected chi connectivity index (χ4v) is 3.31. The Balaban J connectivity index is 1.96. The van der Waals surface area contributed by atoms with Gasteiger partial charge in [0.2, 0.25) is 0 Å². The number of piperidine rings is 1. The van der Waals surface area contributed by atoms with Gasteiger partial charge >= 0.3 is 6.09 Å². The van der Waals surface area contributed by atoms with Crippen molar-refractivity contribution in [2.45, 2.75) is 65.1 Å². The molecular formula is C17H29ClN4O2. The smallest absolute Gasteiger partial charge is 0.407 e. The molecule has 0 saturated carbocycles. The third kappa shape index (κ3) is 5.11. The van der Waals surface area contributed by atoms with Crippen LogP contribution in [0, 0.1) is 6.92 Å². The number of carbonyl (C=O) groups is 1. The zero-order valence-corrected chi connectivity index (χ0v) is 16.1. The highest BCUT2D eigenvalue weighted by Gasteiger charge is 2.26. The highest BCUT2D eigenvalue weighted by molar-refractivity contribution is 6.30. The summed E-state index contributed by atoms with van der Waals surface area (Å²) in [6, 6.07) is 0.293. The molecule has 7 heteroatoms. The van der Waals surface area contributed by atoms with Crippen LogP contribution >= 0.6 is 11.6 Å². The van der Waals surface area contributed by atoms with Crippen molar-refractivity contribution in [2.24, 2.45) is 7.05 Å². The molecule has 1 saturated heterocycles. The van der Waals surface area contributed by atoms with E-state index in [0.29, 0.717) is 17.7 Å². The third-order valence-electron chi connectivity index (χ3n) is 4.26. The molecule has 0 spiro atoms. The van der Waals surface area contributed by atoms with E-state index in [-0.39, 0.29) is 6.09 Å². The minimum Gasteiger partial charge on any atom is -0.444 e. The first-order chi connectivity index (χ1) is 11.2. The van der Waals surface area contributed by atoms with Gasteiger partial charge in [0.25, 0.3) is 0 Å². The lowest BCUT2D eigenvalue weighted by Gasteiger charge is -2.36. The van der Waals surface area contributed by atoms with Crippen LogP contribution in [0.4, 0.5) is 4.79 Å². The number of amides is 1. The Bertz CT molecular complexity index is 580. The maximum atomic E-state index is 11.9. The zero-order chi connectivity index (χ0) is 17.9. The Morgan fingerprint density at radius 3 is 2.71 bits per heavy atom. The molecule has 1 atom stereocenters. The lowest BCUT2D eigenvalue weighted by molar-refractivity contribution is 0.0492. The predicted octanol–water partition coefficient (Wildman–Crippen LogP) is 3.26. The van der Waals surface area contributed by atoms with Gasteiger partial charge in [-0.2, -0.15) is 5.10 Å². The molecule has 24 heavy (non-hydrogen) atoms. The van der Waals surface area contributed by atoms with Crippen molar-refractivity contribution < 1.29 is 9.53 Å². The van der Waals surface area contributed by atoms with Crippen molar-refractivity contribution in [3.05, 3.63) is 16.4 Å². The van der Waals surface area contributed by atoms with Gasteiger partial charge in [-0.15, -0.1) is 0 Å². The molecule has 1 aliphatic rings. The third-order valence-corrected chi connectivity index (χ3v) is 4.73. The van der Waals surface area contributed by atoms with Crippen LogP contribution in [0.25, 0.3) is 0 Å². The van der Waals surface area contributed by atoms with Gasteiger partial charge in [0.05, 0.1) is 5.69 Å². The zero-order valence-electron chi connectivity index (χ0n) is 15.4. The first-order valence-electron chi connectivity index (χ1n) is 8.56. The van der Waals surface area contributed by atoms with Crippen LogP contribution in [0.5, 0.6) is 0 Å². The number of nitrogens with zero attached hydrogens (tertiary/aromatic N) is 3. The van der Waals surface area contributed by atoms with E-state index in [2.05, 4.69) is 15.3 Å². The first-order valence-corrected chi connectivity index (χ1v) is 8.94. The first kappa shape index (κ1) is 19.1. The Labute approximate surface area is 149 Å². The topological polar surface area (TPSA) is 59.4 Å². The number of ether oxygens (including phenoxy) is 1. The minimum atomic E-state index is -0.476. The predicted molar refractivity (Wildman–Crippen MR) is 95.2 cm³/mol. The van der Waals surface area contributed by atoms with Gasteiger partial charge in [-0.1, -0.05) is 18.0 Å². The van der Waals surface area contributed by atoms with Crippen molar-refractivity contribution in [1.29, 1.82) is 0 Å². The number of likely N-dealkylation sites (tertiary alicyclic amines) is 1. The summed E-state index contributed by atoms with van der Waals surface area (Å²) in [6.07, 6.45) is 3.05. The lowest BCUT2D eigenvalue weighted by atomic mass is 10.0. The summed E-state index contributed by atoms with van der Waals surface area (Å²) >= 11 is 6.37. The summed E-state index contributed by atoms with van der Waals surface area (Å²) in [5.74, 6) is 0. The molecule has 0 radical (unpaired) electrons. The fraction of sp³-hybridized carbons (Fsp3) is 0.765. The second-order valence-electron chi connectivity index (χ2n) is 7.48. The van der Waals surface area contributed by atoms with E-state index in [4.69, 9.17) is 16.3 Å². The second kappa shape index (κ2) is 7.74. The average molecular weight is 357 g/mol. The largest absolute Gasteiger partial charge is 0.444 e. The van der Waals surface area contributed by atoms with Crippen LogP contribution in [0.15, 0.2) is 0 Å². The Morgan fingerprint density at radius 2 is 2.12 bits per heavy atom. The van der Waals surface area contributed by atoms with Crippen LogP contribution in [0.3, 0.4) is 0 Å². The molecule has 1 unspecified atom stereocenters. The summed E-state index contributed by atoms with van der Waals surface area (Å²) < 4.78 is 7.03. The number of hydrogen-bond acceptors (Lipinski definition) is 4. The summed E-state index contributed by atoms with van der Waals surface area (Å²) in [4.78, 5) is 14.3. The quantitative estimate of drug-likeness (QED) is 0.899. The van der Waals surface area contributed by atoms with Crippen molar-refractivity contribution in [3.63, 3.8) is 0 Å². The normalized spacial score (nSPS) is 19.3. The summed E-state index contributed by atoms with van der Waals surface area (Å²) in [5, 5.41) is 7.98. The van der Waals surface area contributed by atoms with Gasteiger partial charge in [0.15, 0.2) is 0 Å². The number of hydrogen-bond donors (Lipinski definition) is 1. The molecule has 0 aromatic carbocycles. The maximum absolute atomic E-state index is 11.9. The summed E-state index contributed by atoms with van der Waals surface area (Å²) in [5.41, 5.74) is 1.56. The molecule has 1 aromatic rings. The Hall–Kier alpha value is -1.27. The minimum absolute atomic E-state index is 0.293. The van der Waals surface area contributed by atoms with Crippen molar-refractivity contribution >= 4 is 17.7 Å². The Morgan fingerprint density at radius 1 is 1.42 bits per heavy atom. The molecule has 136 valence electrons. The molecule has 2 heterocycles. The molecule has 1 amide bonds. The molecule has 1 aliphatic heterocycles. The van der Waals surface area contributed by atoms with E-state index in [0.717, 1.165) is 30.8 Å². The van der Waals surface area contributed by atoms with Crippen molar-refractivity contribution in [3.8, 4) is 0 Å². The van der Waals surface area contributed by atoms with Crippen LogP contribution in [0.2, 0.25) is 5.15 Å². The Kier molecular flexibility index (Phi) is 6.15. The van der Waals surface area contributed by atoms with Gasteiger partial charge < -0.3 is 10.1 Å². The molecule has 1 N–H and O–H groups in total.